The van der Waals surface area contributed by atoms with E-state index in [1.165, 1.54) is 0 Å². The smallest absolute Gasteiger partial charge is 0.303 e. The van der Waals surface area contributed by atoms with Crippen LogP contribution in [-0.4, -0.2) is 40.3 Å². The van der Waals surface area contributed by atoms with Crippen LogP contribution in [0.3, 0.4) is 0 Å². The van der Waals surface area contributed by atoms with Gasteiger partial charge in [-0.15, -0.1) is 0 Å². The standard InChI is InChI=1S/C21H29NO4/c23-19(16-17-8-2-1-3-9-17)14-13-18-10-4-5-11-20(24)22(18)15-7-6-12-21(25)26/h1-3,8-9,18H,4-7,10-16H2,(H,25,26). The minimum Gasteiger partial charge on any atom is -0.481 e. The average molecular weight is 359 g/mol. The van der Waals surface area contributed by atoms with E-state index in [-0.39, 0.29) is 24.2 Å². The second kappa shape index (κ2) is 10.7. The van der Waals surface area contributed by atoms with Gasteiger partial charge >= 0.3 is 5.97 Å². The van der Waals surface area contributed by atoms with Crippen molar-refractivity contribution in [3.8, 4) is 0 Å². The van der Waals surface area contributed by atoms with Crippen molar-refractivity contribution in [1.29, 1.82) is 0 Å². The molecule has 1 aromatic carbocycles. The number of carboxylic acid groups (broad SMARTS) is 1. The predicted molar refractivity (Wildman–Crippen MR) is 99.8 cm³/mol. The highest BCUT2D eigenvalue weighted by Gasteiger charge is 2.26. The molecular weight excluding hydrogens is 330 g/mol. The van der Waals surface area contributed by atoms with Gasteiger partial charge in [-0.2, -0.15) is 0 Å². The van der Waals surface area contributed by atoms with E-state index in [2.05, 4.69) is 0 Å². The molecule has 1 aromatic rings. The van der Waals surface area contributed by atoms with E-state index < -0.39 is 5.97 Å². The molecule has 1 aliphatic rings. The number of unbranched alkanes of at least 4 members (excludes halogenated alkanes) is 1. The van der Waals surface area contributed by atoms with Gasteiger partial charge in [0, 0.05) is 38.3 Å². The Balaban J connectivity index is 1.85. The fourth-order valence-electron chi connectivity index (χ4n) is 3.56. The first-order valence-corrected chi connectivity index (χ1v) is 9.63. The number of benzene rings is 1. The summed E-state index contributed by atoms with van der Waals surface area (Å²) in [6.07, 6.45) is 6.47. The first kappa shape index (κ1) is 20.1. The van der Waals surface area contributed by atoms with E-state index in [0.29, 0.717) is 45.1 Å². The van der Waals surface area contributed by atoms with Crippen LogP contribution in [0.2, 0.25) is 0 Å². The highest BCUT2D eigenvalue weighted by atomic mass is 16.4. The number of carbonyl (C=O) groups is 3. The Morgan fingerprint density at radius 1 is 1.08 bits per heavy atom. The molecule has 1 unspecified atom stereocenters. The Bertz CT molecular complexity index is 599. The lowest BCUT2D eigenvalue weighted by molar-refractivity contribution is -0.137. The van der Waals surface area contributed by atoms with E-state index in [4.69, 9.17) is 5.11 Å². The summed E-state index contributed by atoms with van der Waals surface area (Å²) >= 11 is 0. The van der Waals surface area contributed by atoms with Crippen molar-refractivity contribution in [2.75, 3.05) is 6.54 Å². The molecule has 26 heavy (non-hydrogen) atoms. The highest BCUT2D eigenvalue weighted by Crippen LogP contribution is 2.22. The maximum Gasteiger partial charge on any atom is 0.303 e. The van der Waals surface area contributed by atoms with Crippen molar-refractivity contribution in [2.24, 2.45) is 0 Å². The third-order valence-corrected chi connectivity index (χ3v) is 4.98. The minimum absolute atomic E-state index is 0.106. The number of Topliss-reactive ketones (excluding diaryl/α,β-unsaturated/α-hetero) is 1. The summed E-state index contributed by atoms with van der Waals surface area (Å²) in [5.74, 6) is -0.438. The number of ketones is 1. The van der Waals surface area contributed by atoms with Crippen molar-refractivity contribution in [3.05, 3.63) is 35.9 Å². The zero-order valence-electron chi connectivity index (χ0n) is 15.4. The van der Waals surface area contributed by atoms with E-state index >= 15 is 0 Å². The predicted octanol–water partition coefficient (Wildman–Crippen LogP) is 3.60. The van der Waals surface area contributed by atoms with Crippen LogP contribution in [-0.2, 0) is 20.8 Å². The molecule has 1 saturated heterocycles. The molecule has 1 heterocycles. The lowest BCUT2D eigenvalue weighted by atomic mass is 9.99. The molecule has 142 valence electrons. The molecule has 0 radical (unpaired) electrons. The number of rotatable bonds is 10. The lowest BCUT2D eigenvalue weighted by Gasteiger charge is -2.30. The maximum absolute atomic E-state index is 12.4. The van der Waals surface area contributed by atoms with E-state index in [0.717, 1.165) is 24.8 Å². The van der Waals surface area contributed by atoms with Crippen LogP contribution >= 0.6 is 0 Å². The van der Waals surface area contributed by atoms with Gasteiger partial charge in [0.25, 0.3) is 0 Å². The Morgan fingerprint density at radius 2 is 1.85 bits per heavy atom. The van der Waals surface area contributed by atoms with Crippen molar-refractivity contribution in [3.63, 3.8) is 0 Å². The molecule has 0 aliphatic carbocycles. The zero-order chi connectivity index (χ0) is 18.8. The number of carboxylic acids is 1. The van der Waals surface area contributed by atoms with Crippen LogP contribution in [0.4, 0.5) is 0 Å². The summed E-state index contributed by atoms with van der Waals surface area (Å²) in [7, 11) is 0. The highest BCUT2D eigenvalue weighted by molar-refractivity contribution is 5.81. The molecule has 5 heteroatoms. The van der Waals surface area contributed by atoms with Crippen molar-refractivity contribution in [2.45, 2.75) is 70.3 Å². The monoisotopic (exact) mass is 359 g/mol. The second-order valence-electron chi connectivity index (χ2n) is 7.08. The first-order valence-electron chi connectivity index (χ1n) is 9.63. The SMILES string of the molecule is O=C(O)CCCCN1C(=O)CCCCC1CCC(=O)Cc1ccccc1. The summed E-state index contributed by atoms with van der Waals surface area (Å²) in [4.78, 5) is 37.3. The van der Waals surface area contributed by atoms with Crippen LogP contribution in [0.1, 0.15) is 63.4 Å². The Morgan fingerprint density at radius 3 is 2.58 bits per heavy atom. The number of amides is 1. The van der Waals surface area contributed by atoms with Crippen molar-refractivity contribution >= 4 is 17.7 Å². The van der Waals surface area contributed by atoms with Crippen molar-refractivity contribution < 1.29 is 19.5 Å². The van der Waals surface area contributed by atoms with Gasteiger partial charge in [-0.1, -0.05) is 36.8 Å². The van der Waals surface area contributed by atoms with Crippen LogP contribution in [0.15, 0.2) is 30.3 Å². The number of carbonyl (C=O) groups excluding carboxylic acids is 2. The van der Waals surface area contributed by atoms with Gasteiger partial charge in [0.2, 0.25) is 5.91 Å². The van der Waals surface area contributed by atoms with Crippen LogP contribution < -0.4 is 0 Å². The van der Waals surface area contributed by atoms with Gasteiger partial charge in [-0.25, -0.2) is 0 Å². The van der Waals surface area contributed by atoms with E-state index in [1.54, 1.807) is 0 Å². The topological polar surface area (TPSA) is 74.7 Å². The minimum atomic E-state index is -0.796. The summed E-state index contributed by atoms with van der Waals surface area (Å²) in [5, 5.41) is 8.75. The molecule has 0 saturated carbocycles. The molecule has 0 aromatic heterocycles. The zero-order valence-corrected chi connectivity index (χ0v) is 15.4. The molecule has 1 aliphatic heterocycles. The molecule has 1 atom stereocenters. The van der Waals surface area contributed by atoms with Crippen LogP contribution in [0.25, 0.3) is 0 Å². The molecular formula is C21H29NO4. The Hall–Kier alpha value is -2.17. The van der Waals surface area contributed by atoms with E-state index in [1.807, 2.05) is 35.2 Å². The second-order valence-corrected chi connectivity index (χ2v) is 7.08. The summed E-state index contributed by atoms with van der Waals surface area (Å²) in [6.45, 7) is 0.601. The fraction of sp³-hybridized carbons (Fsp3) is 0.571. The molecule has 1 amide bonds. The fourth-order valence-corrected chi connectivity index (χ4v) is 3.56. The maximum atomic E-state index is 12.4. The quantitative estimate of drug-likeness (QED) is 0.648. The van der Waals surface area contributed by atoms with Gasteiger partial charge in [-0.05, 0) is 37.7 Å². The van der Waals surface area contributed by atoms with Crippen LogP contribution in [0, 0.1) is 0 Å². The number of hydrogen-bond donors (Lipinski definition) is 1. The van der Waals surface area contributed by atoms with Crippen LogP contribution in [0.5, 0.6) is 0 Å². The number of nitrogens with zero attached hydrogens (tertiary/aromatic N) is 1. The number of likely N-dealkylation sites (tertiary alicyclic amines) is 1. The third kappa shape index (κ3) is 6.98. The molecule has 5 nitrogen and oxygen atoms in total. The lowest BCUT2D eigenvalue weighted by Crippen LogP contribution is -2.40. The average Bonchev–Trinajstić information content (AvgIpc) is 2.79. The molecule has 1 N–H and O–H groups in total. The molecule has 0 bridgehead atoms. The van der Waals surface area contributed by atoms with Gasteiger partial charge in [-0.3, -0.25) is 14.4 Å². The largest absolute Gasteiger partial charge is 0.481 e. The molecule has 0 spiro atoms. The van der Waals surface area contributed by atoms with Gasteiger partial charge in [0.15, 0.2) is 0 Å². The van der Waals surface area contributed by atoms with Gasteiger partial charge < -0.3 is 10.0 Å². The third-order valence-electron chi connectivity index (χ3n) is 4.98. The molecule has 2 rings (SSSR count). The first-order chi connectivity index (χ1) is 12.6. The molecule has 1 fully saturated rings. The van der Waals surface area contributed by atoms with E-state index in [9.17, 15) is 14.4 Å². The summed E-state index contributed by atoms with van der Waals surface area (Å²) in [5.41, 5.74) is 1.03. The normalized spacial score (nSPS) is 17.8. The summed E-state index contributed by atoms with van der Waals surface area (Å²) in [6, 6.07) is 9.84. The Labute approximate surface area is 155 Å². The number of hydrogen-bond acceptors (Lipinski definition) is 3. The van der Waals surface area contributed by atoms with Gasteiger partial charge in [0.1, 0.15) is 5.78 Å². The van der Waals surface area contributed by atoms with Gasteiger partial charge in [0.05, 0.1) is 0 Å². The number of aliphatic carboxylic acids is 1. The Kier molecular flexibility index (Phi) is 8.32. The summed E-state index contributed by atoms with van der Waals surface area (Å²) < 4.78 is 0. The van der Waals surface area contributed by atoms with Crippen molar-refractivity contribution in [1.82, 2.24) is 4.90 Å².